The SMILES string of the molecule is C[C-]=O.Cl.[Na+]. The number of carbonyl (C=O) groups excluding carboxylic acids is 1. The van der Waals surface area contributed by atoms with Crippen molar-refractivity contribution in [1.29, 1.82) is 0 Å². The minimum atomic E-state index is 0. The molecular formula is C2H4ClNaO. The largest absolute Gasteiger partial charge is 1.00 e. The van der Waals surface area contributed by atoms with Crippen molar-refractivity contribution in [3.63, 3.8) is 0 Å². The Balaban J connectivity index is -0.0000000200. The summed E-state index contributed by atoms with van der Waals surface area (Å²) in [6.45, 7) is 1.32. The van der Waals surface area contributed by atoms with Crippen LogP contribution < -0.4 is 29.6 Å². The van der Waals surface area contributed by atoms with E-state index < -0.39 is 0 Å². The van der Waals surface area contributed by atoms with E-state index in [1.165, 1.54) is 13.2 Å². The van der Waals surface area contributed by atoms with Gasteiger partial charge < -0.3 is 4.79 Å². The minimum Gasteiger partial charge on any atom is -0.542 e. The molecule has 0 aliphatic heterocycles. The van der Waals surface area contributed by atoms with Crippen LogP contribution >= 0.6 is 12.4 Å². The molecule has 26 valence electrons. The Hall–Kier alpha value is 0.960. The van der Waals surface area contributed by atoms with E-state index in [0.717, 1.165) is 0 Å². The Morgan fingerprint density at radius 2 is 1.60 bits per heavy atom. The molecule has 0 bridgehead atoms. The predicted molar refractivity (Wildman–Crippen MR) is 18.6 cm³/mol. The van der Waals surface area contributed by atoms with E-state index in [-0.39, 0.29) is 42.0 Å². The van der Waals surface area contributed by atoms with E-state index in [2.05, 4.69) is 0 Å². The topological polar surface area (TPSA) is 17.1 Å². The molecule has 0 aliphatic carbocycles. The van der Waals surface area contributed by atoms with E-state index in [0.29, 0.717) is 0 Å². The molecule has 0 rings (SSSR count). The summed E-state index contributed by atoms with van der Waals surface area (Å²) >= 11 is 0. The Kier molecular flexibility index (Phi) is 67.8. The number of rotatable bonds is 0. The molecule has 0 aromatic carbocycles. The summed E-state index contributed by atoms with van der Waals surface area (Å²) in [7, 11) is 0. The van der Waals surface area contributed by atoms with Crippen LogP contribution in [-0.2, 0) is 4.79 Å². The summed E-state index contributed by atoms with van der Waals surface area (Å²) in [6, 6.07) is 0. The maximum Gasteiger partial charge on any atom is 1.00 e. The summed E-state index contributed by atoms with van der Waals surface area (Å²) in [4.78, 5) is 8.68. The van der Waals surface area contributed by atoms with Gasteiger partial charge >= 0.3 is 29.6 Å². The zero-order valence-electron chi connectivity index (χ0n) is 3.32. The maximum absolute atomic E-state index is 8.68. The molecule has 5 heavy (non-hydrogen) atoms. The number of hydrogen-bond acceptors (Lipinski definition) is 1. The first kappa shape index (κ1) is 16.7. The van der Waals surface area contributed by atoms with Crippen molar-refractivity contribution < 1.29 is 34.4 Å². The predicted octanol–water partition coefficient (Wildman–Crippen LogP) is -2.46. The fourth-order valence-corrected chi connectivity index (χ4v) is 0. The molecule has 0 N–H and O–H groups in total. The molecule has 0 saturated carbocycles. The van der Waals surface area contributed by atoms with Gasteiger partial charge in [0.15, 0.2) is 0 Å². The Morgan fingerprint density at radius 1 is 1.60 bits per heavy atom. The molecule has 0 amide bonds. The van der Waals surface area contributed by atoms with Crippen molar-refractivity contribution in [2.24, 2.45) is 0 Å². The van der Waals surface area contributed by atoms with Crippen molar-refractivity contribution in [1.82, 2.24) is 0 Å². The van der Waals surface area contributed by atoms with Crippen LogP contribution in [0.25, 0.3) is 0 Å². The number of hydrogen-bond donors (Lipinski definition) is 0. The molecule has 3 heteroatoms. The standard InChI is InChI=1S/C2H3O.ClH.Na/c1-2-3;;/h1H3;1H;/q-1;;+1. The van der Waals surface area contributed by atoms with Gasteiger partial charge in [-0.2, -0.15) is 6.92 Å². The molecule has 0 radical (unpaired) electrons. The van der Waals surface area contributed by atoms with Crippen molar-refractivity contribution in [2.75, 3.05) is 0 Å². The monoisotopic (exact) mass is 102 g/mol. The van der Waals surface area contributed by atoms with Crippen LogP contribution in [0.4, 0.5) is 0 Å². The Labute approximate surface area is 59.8 Å². The molecule has 0 heterocycles. The van der Waals surface area contributed by atoms with Gasteiger partial charge in [-0.1, -0.05) is 0 Å². The second-order valence-electron chi connectivity index (χ2n) is 0.204. The van der Waals surface area contributed by atoms with E-state index in [4.69, 9.17) is 4.79 Å². The summed E-state index contributed by atoms with van der Waals surface area (Å²) in [5, 5.41) is 0. The Bertz CT molecular complexity index is 17.1. The van der Waals surface area contributed by atoms with Crippen LogP contribution in [0.1, 0.15) is 6.92 Å². The van der Waals surface area contributed by atoms with Gasteiger partial charge in [-0.25, -0.2) is 0 Å². The van der Waals surface area contributed by atoms with Crippen LogP contribution in [0, 0.1) is 0 Å². The van der Waals surface area contributed by atoms with Gasteiger partial charge in [-0.05, 0) is 0 Å². The molecule has 0 aromatic heterocycles. The fourth-order valence-electron chi connectivity index (χ4n) is 0. The second kappa shape index (κ2) is 20.2. The van der Waals surface area contributed by atoms with Gasteiger partial charge in [0, 0.05) is 0 Å². The fraction of sp³-hybridized carbons (Fsp3) is 0.500. The molecule has 0 aromatic rings. The zero-order chi connectivity index (χ0) is 2.71. The molecule has 0 unspecified atom stereocenters. The van der Waals surface area contributed by atoms with E-state index in [1.807, 2.05) is 0 Å². The van der Waals surface area contributed by atoms with Gasteiger partial charge in [0.25, 0.3) is 0 Å². The third-order valence-electron chi connectivity index (χ3n) is 0. The third kappa shape index (κ3) is 47.2. The molecule has 0 fully saturated rings. The molecule has 1 nitrogen and oxygen atoms in total. The van der Waals surface area contributed by atoms with Gasteiger partial charge in [-0.15, -0.1) is 12.4 Å². The summed E-state index contributed by atoms with van der Waals surface area (Å²) in [5.74, 6) is 0. The van der Waals surface area contributed by atoms with Crippen molar-refractivity contribution in [2.45, 2.75) is 6.92 Å². The third-order valence-corrected chi connectivity index (χ3v) is 0. The van der Waals surface area contributed by atoms with E-state index >= 15 is 0 Å². The molecular weight excluding hydrogens is 98.5 g/mol. The molecule has 0 aliphatic rings. The minimum absolute atomic E-state index is 0. The molecule has 0 saturated heterocycles. The van der Waals surface area contributed by atoms with E-state index in [1.54, 1.807) is 0 Å². The molecule has 0 spiro atoms. The summed E-state index contributed by atoms with van der Waals surface area (Å²) in [5.41, 5.74) is 0. The van der Waals surface area contributed by atoms with Gasteiger partial charge in [0.05, 0.1) is 0 Å². The van der Waals surface area contributed by atoms with Crippen LogP contribution in [-0.4, -0.2) is 6.29 Å². The van der Waals surface area contributed by atoms with Crippen molar-refractivity contribution in [3.8, 4) is 0 Å². The number of halogens is 1. The van der Waals surface area contributed by atoms with Crippen molar-refractivity contribution in [3.05, 3.63) is 0 Å². The smallest absolute Gasteiger partial charge is 0.542 e. The van der Waals surface area contributed by atoms with Crippen LogP contribution in [0.3, 0.4) is 0 Å². The maximum atomic E-state index is 8.68. The Morgan fingerprint density at radius 3 is 1.60 bits per heavy atom. The normalized spacial score (nSPS) is 2.60. The average Bonchev–Trinajstić information content (AvgIpc) is 0.918. The second-order valence-corrected chi connectivity index (χ2v) is 0.204. The first-order chi connectivity index (χ1) is 1.41. The zero-order valence-corrected chi connectivity index (χ0v) is 6.13. The first-order valence-electron chi connectivity index (χ1n) is 0.704. The van der Waals surface area contributed by atoms with Crippen LogP contribution in [0.2, 0.25) is 0 Å². The van der Waals surface area contributed by atoms with Gasteiger partial charge in [0.1, 0.15) is 0 Å². The van der Waals surface area contributed by atoms with Crippen LogP contribution in [0.15, 0.2) is 0 Å². The quantitative estimate of drug-likeness (QED) is 0.245. The summed E-state index contributed by atoms with van der Waals surface area (Å²) in [6.07, 6.45) is 1.50. The van der Waals surface area contributed by atoms with Gasteiger partial charge in [0.2, 0.25) is 0 Å². The van der Waals surface area contributed by atoms with Crippen LogP contribution in [0.5, 0.6) is 0 Å². The van der Waals surface area contributed by atoms with Gasteiger partial charge in [-0.3, -0.25) is 6.29 Å². The molecule has 0 atom stereocenters. The first-order valence-corrected chi connectivity index (χ1v) is 0.704. The van der Waals surface area contributed by atoms with Crippen molar-refractivity contribution >= 4 is 18.7 Å². The average molecular weight is 102 g/mol. The van der Waals surface area contributed by atoms with E-state index in [9.17, 15) is 0 Å². The summed E-state index contributed by atoms with van der Waals surface area (Å²) < 4.78 is 0.